The summed E-state index contributed by atoms with van der Waals surface area (Å²) in [6, 6.07) is 8.44. The molecule has 1 unspecified atom stereocenters. The Balaban J connectivity index is 1.56. The van der Waals surface area contributed by atoms with Gasteiger partial charge in [0.15, 0.2) is 0 Å². The van der Waals surface area contributed by atoms with Crippen LogP contribution in [0.25, 0.3) is 22.0 Å². The summed E-state index contributed by atoms with van der Waals surface area (Å²) in [5.41, 5.74) is 5.43. The summed E-state index contributed by atoms with van der Waals surface area (Å²) >= 11 is 0. The number of carbonyl (C=O) groups excluding carboxylic acids is 1. The molecular formula is C22H23N5O2. The van der Waals surface area contributed by atoms with E-state index in [1.807, 2.05) is 12.4 Å². The summed E-state index contributed by atoms with van der Waals surface area (Å²) in [5.74, 6) is 0.580. The van der Waals surface area contributed by atoms with Gasteiger partial charge in [0.25, 0.3) is 0 Å². The van der Waals surface area contributed by atoms with E-state index in [1.54, 1.807) is 13.3 Å². The van der Waals surface area contributed by atoms with Gasteiger partial charge in [0.1, 0.15) is 5.82 Å². The highest BCUT2D eigenvalue weighted by atomic mass is 16.5. The van der Waals surface area contributed by atoms with E-state index in [2.05, 4.69) is 49.4 Å². The van der Waals surface area contributed by atoms with Crippen molar-refractivity contribution >= 4 is 34.5 Å². The maximum absolute atomic E-state index is 12.1. The van der Waals surface area contributed by atoms with Crippen LogP contribution >= 0.6 is 0 Å². The van der Waals surface area contributed by atoms with Gasteiger partial charge in [-0.2, -0.15) is 0 Å². The monoisotopic (exact) mass is 389 g/mol. The fraction of sp³-hybridized carbons (Fsp3) is 0.318. The Morgan fingerprint density at radius 3 is 2.97 bits per heavy atom. The normalized spacial score (nSPS) is 18.7. The lowest BCUT2D eigenvalue weighted by atomic mass is 9.92. The molecule has 0 spiro atoms. The van der Waals surface area contributed by atoms with Crippen molar-refractivity contribution in [1.29, 1.82) is 0 Å². The molecule has 4 heterocycles. The number of nitrogens with one attached hydrogen (secondary N) is 2. The van der Waals surface area contributed by atoms with Gasteiger partial charge in [0, 0.05) is 60.9 Å². The molecule has 2 aliphatic heterocycles. The second kappa shape index (κ2) is 7.33. The first-order valence-corrected chi connectivity index (χ1v) is 9.92. The standard InChI is InChI=1S/C22H23N5O2/c1-23-22(28)15-11-16-18(13-26-21(16)25-12-15)14-2-3-19-17(10-14)20(4-5-24-19)27-6-8-29-9-7-27/h2-5,10,12-13,15,26H,6-9,11H2,1H3,(H,23,28). The Bertz CT molecular complexity index is 1100. The minimum atomic E-state index is -0.243. The van der Waals surface area contributed by atoms with Crippen molar-refractivity contribution < 1.29 is 9.53 Å². The van der Waals surface area contributed by atoms with Gasteiger partial charge in [-0.15, -0.1) is 0 Å². The molecule has 1 atom stereocenters. The number of aromatic nitrogens is 2. The van der Waals surface area contributed by atoms with Crippen molar-refractivity contribution in [2.24, 2.45) is 10.9 Å². The fourth-order valence-electron chi connectivity index (χ4n) is 4.18. The molecular weight excluding hydrogens is 366 g/mol. The molecule has 7 nitrogen and oxygen atoms in total. The quantitative estimate of drug-likeness (QED) is 0.722. The maximum atomic E-state index is 12.1. The van der Waals surface area contributed by atoms with Crippen LogP contribution in [0.1, 0.15) is 5.56 Å². The number of aromatic amines is 1. The molecule has 148 valence electrons. The minimum Gasteiger partial charge on any atom is -0.378 e. The molecule has 0 aliphatic carbocycles. The number of fused-ring (bicyclic) bond motifs is 2. The van der Waals surface area contributed by atoms with Gasteiger partial charge in [0.2, 0.25) is 5.91 Å². The lowest BCUT2D eigenvalue weighted by molar-refractivity contribution is -0.122. The molecule has 2 aliphatic rings. The van der Waals surface area contributed by atoms with E-state index in [0.717, 1.165) is 59.7 Å². The largest absolute Gasteiger partial charge is 0.378 e. The van der Waals surface area contributed by atoms with Crippen molar-refractivity contribution in [2.75, 3.05) is 38.3 Å². The summed E-state index contributed by atoms with van der Waals surface area (Å²) in [4.78, 5) is 26.7. The third-order valence-electron chi connectivity index (χ3n) is 5.74. The predicted octanol–water partition coefficient (Wildman–Crippen LogP) is 2.69. The van der Waals surface area contributed by atoms with Crippen LogP contribution in [0.15, 0.2) is 41.7 Å². The van der Waals surface area contributed by atoms with Crippen molar-refractivity contribution in [3.63, 3.8) is 0 Å². The fourth-order valence-corrected chi connectivity index (χ4v) is 4.18. The number of hydrogen-bond acceptors (Lipinski definition) is 5. The number of pyridine rings is 1. The summed E-state index contributed by atoms with van der Waals surface area (Å²) in [6.07, 6.45) is 6.22. The van der Waals surface area contributed by atoms with Gasteiger partial charge in [-0.25, -0.2) is 4.99 Å². The van der Waals surface area contributed by atoms with Crippen LogP contribution in [0.2, 0.25) is 0 Å². The number of amides is 1. The number of rotatable bonds is 3. The molecule has 5 rings (SSSR count). The van der Waals surface area contributed by atoms with E-state index in [-0.39, 0.29) is 11.8 Å². The number of aliphatic imine (C=N–C) groups is 1. The van der Waals surface area contributed by atoms with E-state index in [9.17, 15) is 4.79 Å². The predicted molar refractivity (Wildman–Crippen MR) is 114 cm³/mol. The minimum absolute atomic E-state index is 0.0103. The second-order valence-corrected chi connectivity index (χ2v) is 7.39. The average molecular weight is 389 g/mol. The number of ether oxygens (including phenoxy) is 1. The van der Waals surface area contributed by atoms with E-state index in [1.165, 1.54) is 5.69 Å². The highest BCUT2D eigenvalue weighted by Crippen LogP contribution is 2.37. The zero-order valence-corrected chi connectivity index (χ0v) is 16.3. The van der Waals surface area contributed by atoms with Crippen LogP contribution in [-0.4, -0.2) is 55.4 Å². The van der Waals surface area contributed by atoms with Gasteiger partial charge in [-0.3, -0.25) is 9.78 Å². The maximum Gasteiger partial charge on any atom is 0.228 e. The zero-order valence-electron chi connectivity index (χ0n) is 16.3. The lowest BCUT2D eigenvalue weighted by Crippen LogP contribution is -2.36. The van der Waals surface area contributed by atoms with Crippen molar-refractivity contribution in [2.45, 2.75) is 6.42 Å². The molecule has 1 aromatic carbocycles. The van der Waals surface area contributed by atoms with E-state index in [0.29, 0.717) is 6.42 Å². The molecule has 2 N–H and O–H groups in total. The summed E-state index contributed by atoms with van der Waals surface area (Å²) < 4.78 is 5.51. The Morgan fingerprint density at radius 2 is 2.14 bits per heavy atom. The molecule has 0 saturated carbocycles. The molecule has 1 fully saturated rings. The van der Waals surface area contributed by atoms with Crippen LogP contribution in [0.4, 0.5) is 11.5 Å². The van der Waals surface area contributed by atoms with Gasteiger partial charge < -0.3 is 19.9 Å². The summed E-state index contributed by atoms with van der Waals surface area (Å²) in [5, 5.41) is 3.85. The topological polar surface area (TPSA) is 82.6 Å². The van der Waals surface area contributed by atoms with Crippen LogP contribution < -0.4 is 10.2 Å². The number of nitrogens with zero attached hydrogens (tertiary/aromatic N) is 3. The lowest BCUT2D eigenvalue weighted by Gasteiger charge is -2.29. The second-order valence-electron chi connectivity index (χ2n) is 7.39. The van der Waals surface area contributed by atoms with E-state index < -0.39 is 0 Å². The Kier molecular flexibility index (Phi) is 4.52. The molecule has 2 aromatic heterocycles. The van der Waals surface area contributed by atoms with Gasteiger partial charge in [-0.1, -0.05) is 6.07 Å². The van der Waals surface area contributed by atoms with Crippen LogP contribution in [-0.2, 0) is 16.0 Å². The van der Waals surface area contributed by atoms with Crippen LogP contribution in [0, 0.1) is 5.92 Å². The summed E-state index contributed by atoms with van der Waals surface area (Å²) in [6.45, 7) is 3.25. The molecule has 1 amide bonds. The molecule has 0 radical (unpaired) electrons. The Hall–Kier alpha value is -3.19. The first-order chi connectivity index (χ1) is 14.2. The molecule has 7 heteroatoms. The Labute approximate surface area is 168 Å². The highest BCUT2D eigenvalue weighted by Gasteiger charge is 2.25. The van der Waals surface area contributed by atoms with Gasteiger partial charge in [-0.05, 0) is 30.2 Å². The number of carbonyl (C=O) groups is 1. The van der Waals surface area contributed by atoms with Crippen molar-refractivity contribution in [3.05, 3.63) is 42.2 Å². The third kappa shape index (κ3) is 3.17. The number of benzene rings is 1. The van der Waals surface area contributed by atoms with E-state index >= 15 is 0 Å². The van der Waals surface area contributed by atoms with E-state index in [4.69, 9.17) is 4.74 Å². The highest BCUT2D eigenvalue weighted by molar-refractivity contribution is 5.98. The SMILES string of the molecule is CNC(=O)C1C=Nc2[nH]cc(-c3ccc4nccc(N5CCOCC5)c4c3)c2C1. The van der Waals surface area contributed by atoms with Gasteiger partial charge in [0.05, 0.1) is 24.6 Å². The smallest absolute Gasteiger partial charge is 0.228 e. The number of H-pyrrole nitrogens is 1. The van der Waals surface area contributed by atoms with Crippen LogP contribution in [0.5, 0.6) is 0 Å². The number of morpholine rings is 1. The number of hydrogen-bond donors (Lipinski definition) is 2. The molecule has 29 heavy (non-hydrogen) atoms. The van der Waals surface area contributed by atoms with Crippen molar-refractivity contribution in [3.8, 4) is 11.1 Å². The first kappa shape index (κ1) is 17.9. The molecule has 1 saturated heterocycles. The van der Waals surface area contributed by atoms with Crippen molar-refractivity contribution in [1.82, 2.24) is 15.3 Å². The summed E-state index contributed by atoms with van der Waals surface area (Å²) in [7, 11) is 1.66. The Morgan fingerprint density at radius 1 is 1.28 bits per heavy atom. The zero-order chi connectivity index (χ0) is 19.8. The van der Waals surface area contributed by atoms with Gasteiger partial charge >= 0.3 is 0 Å². The third-order valence-corrected chi connectivity index (χ3v) is 5.74. The molecule has 0 bridgehead atoms. The first-order valence-electron chi connectivity index (χ1n) is 9.92. The van der Waals surface area contributed by atoms with Crippen LogP contribution in [0.3, 0.4) is 0 Å². The average Bonchev–Trinajstić information content (AvgIpc) is 3.21. The molecule has 3 aromatic rings. The number of anilines is 1.